The van der Waals surface area contributed by atoms with Crippen LogP contribution in [0.4, 0.5) is 0 Å². The molecule has 0 saturated carbocycles. The molecule has 0 radical (unpaired) electrons. The lowest BCUT2D eigenvalue weighted by molar-refractivity contribution is -0.128. The molecule has 7 heteroatoms. The molecule has 0 bridgehead atoms. The Bertz CT molecular complexity index is 488. The van der Waals surface area contributed by atoms with E-state index in [0.29, 0.717) is 5.02 Å². The summed E-state index contributed by atoms with van der Waals surface area (Å²) in [4.78, 5) is 33.5. The van der Waals surface area contributed by atoms with Gasteiger partial charge >= 0.3 is 0 Å². The van der Waals surface area contributed by atoms with E-state index >= 15 is 0 Å². The lowest BCUT2D eigenvalue weighted by atomic mass is 10.1. The number of halogens is 1. The molecule has 0 unspecified atom stereocenters. The van der Waals surface area contributed by atoms with Crippen molar-refractivity contribution in [1.29, 1.82) is 0 Å². The first-order chi connectivity index (χ1) is 9.47. The molecule has 3 amide bonds. The zero-order valence-electron chi connectivity index (χ0n) is 11.0. The molecule has 0 aromatic heterocycles. The maximum atomic E-state index is 11.6. The summed E-state index contributed by atoms with van der Waals surface area (Å²) >= 11 is 5.73. The van der Waals surface area contributed by atoms with E-state index in [1.165, 1.54) is 6.92 Å². The van der Waals surface area contributed by atoms with Crippen molar-refractivity contribution in [2.45, 2.75) is 19.8 Å². The van der Waals surface area contributed by atoms with Crippen molar-refractivity contribution < 1.29 is 14.4 Å². The number of carbonyl (C=O) groups excluding carboxylic acids is 3. The van der Waals surface area contributed by atoms with Crippen molar-refractivity contribution in [3.63, 3.8) is 0 Å². The van der Waals surface area contributed by atoms with Crippen molar-refractivity contribution >= 4 is 29.3 Å². The fraction of sp³-hybridized carbons (Fsp3) is 0.308. The lowest BCUT2D eigenvalue weighted by Gasteiger charge is -2.07. The zero-order valence-corrected chi connectivity index (χ0v) is 11.8. The molecule has 1 aromatic rings. The molecule has 108 valence electrons. The van der Waals surface area contributed by atoms with Crippen LogP contribution in [0.15, 0.2) is 24.3 Å². The maximum Gasteiger partial charge on any atom is 0.242 e. The summed E-state index contributed by atoms with van der Waals surface area (Å²) in [6.45, 7) is 1.60. The van der Waals surface area contributed by atoms with E-state index in [0.717, 1.165) is 5.56 Å². The van der Waals surface area contributed by atoms with E-state index in [1.807, 2.05) is 0 Å². The monoisotopic (exact) mass is 297 g/mol. The summed E-state index contributed by atoms with van der Waals surface area (Å²) in [6.07, 6.45) is 0.240. The van der Waals surface area contributed by atoms with Gasteiger partial charge in [-0.15, -0.1) is 0 Å². The van der Waals surface area contributed by atoms with Crippen LogP contribution in [0.1, 0.15) is 18.9 Å². The first-order valence-electron chi connectivity index (χ1n) is 6.04. The van der Waals surface area contributed by atoms with Crippen molar-refractivity contribution in [3.8, 4) is 0 Å². The van der Waals surface area contributed by atoms with Gasteiger partial charge in [0.25, 0.3) is 0 Å². The highest BCUT2D eigenvalue weighted by atomic mass is 35.5. The molecule has 0 heterocycles. The minimum absolute atomic E-state index is 0.0980. The number of benzene rings is 1. The predicted molar refractivity (Wildman–Crippen MR) is 74.7 cm³/mol. The molecule has 6 nitrogen and oxygen atoms in total. The highest BCUT2D eigenvalue weighted by Gasteiger charge is 2.06. The number of nitrogens with one attached hydrogen (secondary N) is 3. The third-order valence-corrected chi connectivity index (χ3v) is 2.60. The van der Waals surface area contributed by atoms with E-state index in [-0.39, 0.29) is 37.1 Å². The second-order valence-electron chi connectivity index (χ2n) is 4.13. The molecule has 3 N–H and O–H groups in total. The quantitative estimate of drug-likeness (QED) is 0.694. The first-order valence-corrected chi connectivity index (χ1v) is 6.41. The van der Waals surface area contributed by atoms with Crippen LogP contribution >= 0.6 is 11.6 Å². The number of rotatable bonds is 5. The number of hydrogen-bond acceptors (Lipinski definition) is 3. The Labute approximate surface area is 121 Å². The number of hydrazine groups is 1. The largest absolute Gasteiger partial charge is 0.356 e. The topological polar surface area (TPSA) is 87.3 Å². The number of hydrogen-bond donors (Lipinski definition) is 3. The molecule has 20 heavy (non-hydrogen) atoms. The van der Waals surface area contributed by atoms with Crippen LogP contribution in [0.3, 0.4) is 0 Å². The predicted octanol–water partition coefficient (Wildman–Crippen LogP) is 0.556. The summed E-state index contributed by atoms with van der Waals surface area (Å²) in [5.74, 6) is -0.909. The van der Waals surface area contributed by atoms with Crippen LogP contribution in [0.2, 0.25) is 5.02 Å². The standard InChI is InChI=1S/C13H16ClN3O3/c1-9(18)15-7-6-12(19)16-17-13(20)8-10-2-4-11(14)5-3-10/h2-5H,6-8H2,1H3,(H,15,18)(H,16,19)(H,17,20). The molecule has 0 aliphatic rings. The van der Waals surface area contributed by atoms with Gasteiger partial charge in [-0.1, -0.05) is 23.7 Å². The third-order valence-electron chi connectivity index (χ3n) is 2.35. The lowest BCUT2D eigenvalue weighted by Crippen LogP contribution is -2.43. The average Bonchev–Trinajstić information content (AvgIpc) is 2.39. The summed E-state index contributed by atoms with van der Waals surface area (Å²) in [5, 5.41) is 3.08. The molecule has 0 spiro atoms. The molecule has 0 aliphatic carbocycles. The average molecular weight is 298 g/mol. The maximum absolute atomic E-state index is 11.6. The van der Waals surface area contributed by atoms with Gasteiger partial charge in [0.15, 0.2) is 0 Å². The molecular formula is C13H16ClN3O3. The molecular weight excluding hydrogens is 282 g/mol. The van der Waals surface area contributed by atoms with Crippen LogP contribution in [0, 0.1) is 0 Å². The molecule has 0 fully saturated rings. The van der Waals surface area contributed by atoms with Crippen molar-refractivity contribution in [2.75, 3.05) is 6.54 Å². The molecule has 0 atom stereocenters. The Hall–Kier alpha value is -2.08. The molecule has 0 saturated heterocycles. The minimum atomic E-state index is -0.372. The summed E-state index contributed by atoms with van der Waals surface area (Å²) < 4.78 is 0. The van der Waals surface area contributed by atoms with Gasteiger partial charge < -0.3 is 5.32 Å². The van der Waals surface area contributed by atoms with Crippen LogP contribution < -0.4 is 16.2 Å². The Balaban J connectivity index is 2.24. The SMILES string of the molecule is CC(=O)NCCC(=O)NNC(=O)Cc1ccc(Cl)cc1. The van der Waals surface area contributed by atoms with E-state index in [2.05, 4.69) is 16.2 Å². The first kappa shape index (κ1) is 16.0. The van der Waals surface area contributed by atoms with Gasteiger partial charge in [-0.05, 0) is 17.7 Å². The van der Waals surface area contributed by atoms with Crippen molar-refractivity contribution in [1.82, 2.24) is 16.2 Å². The second-order valence-corrected chi connectivity index (χ2v) is 4.57. The van der Waals surface area contributed by atoms with E-state index in [9.17, 15) is 14.4 Å². The Morgan fingerprint density at radius 3 is 2.25 bits per heavy atom. The fourth-order valence-electron chi connectivity index (χ4n) is 1.39. The highest BCUT2D eigenvalue weighted by Crippen LogP contribution is 2.09. The van der Waals surface area contributed by atoms with Gasteiger partial charge in [0.2, 0.25) is 17.7 Å². The summed E-state index contributed by atoms with van der Waals surface area (Å²) in [7, 11) is 0. The van der Waals surface area contributed by atoms with Crippen LogP contribution in [-0.2, 0) is 20.8 Å². The summed E-state index contributed by atoms with van der Waals surface area (Å²) in [6, 6.07) is 6.85. The fourth-order valence-corrected chi connectivity index (χ4v) is 1.51. The minimum Gasteiger partial charge on any atom is -0.356 e. The van der Waals surface area contributed by atoms with Gasteiger partial charge in [-0.2, -0.15) is 0 Å². The van der Waals surface area contributed by atoms with Crippen LogP contribution in [0.25, 0.3) is 0 Å². The third kappa shape index (κ3) is 6.75. The van der Waals surface area contributed by atoms with E-state index < -0.39 is 0 Å². The number of carbonyl (C=O) groups is 3. The Morgan fingerprint density at radius 1 is 1.05 bits per heavy atom. The van der Waals surface area contributed by atoms with Gasteiger partial charge in [0.1, 0.15) is 0 Å². The van der Waals surface area contributed by atoms with Gasteiger partial charge in [-0.25, -0.2) is 0 Å². The molecule has 1 rings (SSSR count). The molecule has 0 aliphatic heterocycles. The smallest absolute Gasteiger partial charge is 0.242 e. The van der Waals surface area contributed by atoms with Gasteiger partial charge in [0.05, 0.1) is 6.42 Å². The Kier molecular flexibility index (Phi) is 6.52. The van der Waals surface area contributed by atoms with Crippen LogP contribution in [-0.4, -0.2) is 24.3 Å². The highest BCUT2D eigenvalue weighted by molar-refractivity contribution is 6.30. The Morgan fingerprint density at radius 2 is 1.65 bits per heavy atom. The van der Waals surface area contributed by atoms with E-state index in [1.54, 1.807) is 24.3 Å². The zero-order chi connectivity index (χ0) is 15.0. The van der Waals surface area contributed by atoms with Gasteiger partial charge in [0, 0.05) is 24.9 Å². The van der Waals surface area contributed by atoms with Crippen molar-refractivity contribution in [2.24, 2.45) is 0 Å². The second kappa shape index (κ2) is 8.16. The number of amides is 3. The van der Waals surface area contributed by atoms with Gasteiger partial charge in [-0.3, -0.25) is 25.2 Å². The summed E-state index contributed by atoms with van der Waals surface area (Å²) in [5.41, 5.74) is 5.36. The van der Waals surface area contributed by atoms with E-state index in [4.69, 9.17) is 11.6 Å². The van der Waals surface area contributed by atoms with Crippen molar-refractivity contribution in [3.05, 3.63) is 34.9 Å². The normalized spacial score (nSPS) is 9.70. The molecule has 1 aromatic carbocycles. The van der Waals surface area contributed by atoms with Crippen LogP contribution in [0.5, 0.6) is 0 Å².